The number of likely N-dealkylation sites (tertiary alicyclic amines) is 2. The maximum Gasteiger partial charge on any atom is 0.469 e. The molecule has 40 nitrogen and oxygen atoms in total. The van der Waals surface area contributed by atoms with Gasteiger partial charge < -0.3 is 110 Å². The van der Waals surface area contributed by atoms with Crippen LogP contribution in [0.15, 0.2) is 12.5 Å². The molecule has 5 rings (SSSR count). The summed E-state index contributed by atoms with van der Waals surface area (Å²) in [4.78, 5) is 243. The minimum atomic E-state index is -5.50. The Morgan fingerprint density at radius 3 is 1.81 bits per heavy atom. The van der Waals surface area contributed by atoms with Gasteiger partial charge in [-0.15, -0.1) is 0 Å². The van der Waals surface area contributed by atoms with E-state index in [9.17, 15) is 96.2 Å². The summed E-state index contributed by atoms with van der Waals surface area (Å²) in [5.74, 6) is -12.9. The number of fused-ring (bicyclic) bond motifs is 1. The summed E-state index contributed by atoms with van der Waals surface area (Å²) in [5, 5.41) is 43.5. The zero-order valence-corrected chi connectivity index (χ0v) is 63.6. The predicted molar refractivity (Wildman–Crippen MR) is 388 cm³/mol. The van der Waals surface area contributed by atoms with Crippen molar-refractivity contribution in [1.82, 2.24) is 88.9 Å². The molecule has 4 fully saturated rings. The molecule has 16 atom stereocenters. The van der Waals surface area contributed by atoms with E-state index < -0.39 is 195 Å². The lowest BCUT2D eigenvalue weighted by Crippen LogP contribution is -2.63. The maximum absolute atomic E-state index is 14.8. The first-order chi connectivity index (χ1) is 50.1. The lowest BCUT2D eigenvalue weighted by Gasteiger charge is -2.33. The zero-order chi connectivity index (χ0) is 78.7. The molecule has 4 aliphatic rings. The third-order valence-electron chi connectivity index (χ3n) is 17.5. The highest BCUT2D eigenvalue weighted by Crippen LogP contribution is 2.39. The van der Waals surface area contributed by atoms with Gasteiger partial charge in [0.2, 0.25) is 88.6 Å². The van der Waals surface area contributed by atoms with Crippen LogP contribution in [0.1, 0.15) is 104 Å². The Labute approximate surface area is 629 Å². The van der Waals surface area contributed by atoms with Gasteiger partial charge in [-0.05, 0) is 103 Å². The smallest absolute Gasteiger partial charge is 0.391 e. The molecule has 4 aliphatic heterocycles. The maximum atomic E-state index is 14.8. The van der Waals surface area contributed by atoms with Crippen LogP contribution in [-0.2, 0) is 87.4 Å². The van der Waals surface area contributed by atoms with Crippen molar-refractivity contribution in [2.45, 2.75) is 201 Å². The molecule has 592 valence electrons. The topological polar surface area (TPSA) is 604 Å². The normalized spacial score (nSPS) is 20.6. The van der Waals surface area contributed by atoms with Crippen LogP contribution in [0.5, 0.6) is 0 Å². The van der Waals surface area contributed by atoms with Gasteiger partial charge in [0.15, 0.2) is 0 Å². The molecule has 0 saturated carbocycles. The second-order valence-electron chi connectivity index (χ2n) is 25.7. The molecule has 1 aromatic heterocycles. The van der Waals surface area contributed by atoms with Gasteiger partial charge in [-0.25, -0.2) is 14.3 Å². The fraction of sp³-hybridized carbons (Fsp3) is 0.689. The van der Waals surface area contributed by atoms with E-state index in [4.69, 9.17) is 16.0 Å². The molecule has 0 aromatic carbocycles. The number of thioether (sulfide) groups is 3. The van der Waals surface area contributed by atoms with E-state index in [-0.39, 0.29) is 91.7 Å². The highest BCUT2D eigenvalue weighted by Gasteiger charge is 2.46. The van der Waals surface area contributed by atoms with Crippen LogP contribution >= 0.6 is 55.7 Å². The van der Waals surface area contributed by atoms with Gasteiger partial charge in [0.05, 0.1) is 50.1 Å². The third kappa shape index (κ3) is 28.0. The Balaban J connectivity index is 1.21. The molecular weight excluding hydrogens is 1490 g/mol. The fourth-order valence-electron chi connectivity index (χ4n) is 12.0. The first kappa shape index (κ1) is 88.6. The predicted octanol–water partition coefficient (Wildman–Crippen LogP) is -7.03. The number of imidazole rings is 1. The molecule has 17 amide bonds. The number of phosphoric ester groups is 1. The van der Waals surface area contributed by atoms with Gasteiger partial charge in [0, 0.05) is 54.6 Å². The lowest BCUT2D eigenvalue weighted by molar-refractivity contribution is -0.145. The summed E-state index contributed by atoms with van der Waals surface area (Å²) in [6.07, 6.45) is 3.90. The number of amides is 17. The first-order valence-electron chi connectivity index (χ1n) is 34.2. The zero-order valence-electron chi connectivity index (χ0n) is 59.3. The van der Waals surface area contributed by atoms with Crippen molar-refractivity contribution in [3.8, 4) is 0 Å². The molecule has 5 heterocycles. The largest absolute Gasteiger partial charge is 0.469 e. The second-order valence-corrected chi connectivity index (χ2v) is 30.5. The molecule has 1 aromatic rings. The molecule has 0 bridgehead atoms. The molecule has 0 unspecified atom stereocenters. The number of nitrogens with two attached hydrogens (primary N) is 2. The van der Waals surface area contributed by atoms with Gasteiger partial charge in [-0.3, -0.25) is 76.4 Å². The fourth-order valence-corrected chi connectivity index (χ4v) is 15.3. The highest BCUT2D eigenvalue weighted by atomic mass is 32.2. The Kier molecular flexibility index (Phi) is 36.0. The number of phosphoric acid groups is 1. The van der Waals surface area contributed by atoms with E-state index in [0.717, 1.165) is 37.3 Å². The molecule has 106 heavy (non-hydrogen) atoms. The van der Waals surface area contributed by atoms with Crippen LogP contribution < -0.4 is 80.6 Å². The second kappa shape index (κ2) is 43.1. The molecule has 4 saturated heterocycles. The Morgan fingerprint density at radius 2 is 1.23 bits per heavy atom. The quantitative estimate of drug-likeness (QED) is 0.0125. The number of aliphatic hydroxyl groups excluding tert-OH is 1. The van der Waals surface area contributed by atoms with E-state index in [0.29, 0.717) is 25.0 Å². The number of carbonyl (C=O) groups excluding carboxylic acids is 16. The number of aliphatic hydroxyl groups is 1. The highest BCUT2D eigenvalue weighted by molar-refractivity contribution is 8.00. The minimum absolute atomic E-state index is 0.0228. The minimum Gasteiger partial charge on any atom is -0.391 e. The summed E-state index contributed by atoms with van der Waals surface area (Å²) < 4.78 is 17.3. The summed E-state index contributed by atoms with van der Waals surface area (Å²) in [5.41, 5.74) is 11.1. The van der Waals surface area contributed by atoms with Gasteiger partial charge >= 0.3 is 13.9 Å². The number of nitrogens with one attached hydrogen (secondary N) is 14. The molecule has 45 heteroatoms. The van der Waals surface area contributed by atoms with Crippen molar-refractivity contribution in [3.05, 3.63) is 18.2 Å². The SMILES string of the molecule is CSCC[C@H](NC(=O)[C@H](C)NC(=O)CNC(=O)CNC(=O)CCCC[C@@H]1SC[C@@H]2NC(=O)N[C@@H]21)C(=O)N[C@@H](CS)C(=O)N[C@@H](CCSC)C(=O)N[C@@H](Cc1cnc[nH]1)C(=O)N[C@H](C(=O)N1CCC[C@H]1C(=O)N[C@@H](CC(N)=O)C(=O)N[C@H](C(=O)N[C@@H](C)C(=O)N1CCC[C@H]1C(N)=O)[C@@H](C)O)[C@@H](C)OP(=O)(O)O. The van der Waals surface area contributed by atoms with Crippen LogP contribution in [0.25, 0.3) is 0 Å². The average Bonchev–Trinajstić information content (AvgIpc) is 1.38. The summed E-state index contributed by atoms with van der Waals surface area (Å²) >= 11 is 8.63. The summed E-state index contributed by atoms with van der Waals surface area (Å²) in [7, 11) is -5.50. The van der Waals surface area contributed by atoms with Gasteiger partial charge in [0.1, 0.15) is 66.5 Å². The van der Waals surface area contributed by atoms with Crippen molar-refractivity contribution >= 4 is 150 Å². The van der Waals surface area contributed by atoms with Gasteiger partial charge in [0.25, 0.3) is 0 Å². The number of carbonyl (C=O) groups is 16. The van der Waals surface area contributed by atoms with Crippen LogP contribution in [0.3, 0.4) is 0 Å². The van der Waals surface area contributed by atoms with E-state index in [1.165, 1.54) is 54.8 Å². The molecule has 21 N–H and O–H groups in total. The molecular formula is C61H98N19O21PS4. The number of rotatable bonds is 44. The number of H-pyrrole nitrogens is 1. The van der Waals surface area contributed by atoms with Crippen LogP contribution in [-0.4, -0.2) is 287 Å². The Bertz CT molecular complexity index is 3360. The summed E-state index contributed by atoms with van der Waals surface area (Å²) in [6.45, 7) is 3.65. The third-order valence-corrected chi connectivity index (χ3v) is 21.3. The van der Waals surface area contributed by atoms with E-state index in [1.807, 2.05) is 0 Å². The average molecular weight is 1590 g/mol. The lowest BCUT2D eigenvalue weighted by atomic mass is 10.0. The van der Waals surface area contributed by atoms with Crippen molar-refractivity contribution in [1.29, 1.82) is 0 Å². The number of urea groups is 1. The number of thiol groups is 1. The van der Waals surface area contributed by atoms with Crippen molar-refractivity contribution in [2.24, 2.45) is 11.5 Å². The van der Waals surface area contributed by atoms with E-state index in [2.05, 4.69) is 91.7 Å². The Hall–Kier alpha value is -8.00. The number of aromatic amines is 1. The first-order valence-corrected chi connectivity index (χ1v) is 40.2. The standard InChI is InChI=1S/C61H98N19O21PS4/c1-29(68-46(85)25-66-45(84)24-65-44(83)14-8-7-13-42-49-39(27-106-42)75-61(97)78-49)51(87)70-34(15-19-104-5)53(89)74-38(26-103)56(92)71-35(16-20-105-6)52(88)72-36(21-33-23-64-28-67-33)54(90)77-48(32(4)101-102(98,99)100)60(96)80-18-10-12-41(80)57(93)73-37(22-43(62)82)55(91)76-47(31(3)81)58(94)69-30(2)59(95)79-17-9-11-40(79)50(63)86/h23,28-32,34-42,47-49,81,103H,7-22,24-27H2,1-6H3,(H2,62,82)(H2,63,86)(H,64,67)(H,65,83)(H,66,84)(H,68,85)(H,69,94)(H,70,87)(H,71,92)(H,72,88)(H,73,93)(H,74,89)(H,76,91)(H,77,90)(H2,75,78,97)(H2,98,99,100)/t29-,30-,31+,32+,34-,35-,36-,37-,38-,39-,40-,41-,42-,47-,48-,49-/m0/s1. The number of aromatic nitrogens is 2. The van der Waals surface area contributed by atoms with Crippen LogP contribution in [0.4, 0.5) is 4.79 Å². The number of primary amides is 2. The summed E-state index contributed by atoms with van der Waals surface area (Å²) in [6, 6.07) is -16.9. The van der Waals surface area contributed by atoms with Crippen LogP contribution in [0, 0.1) is 0 Å². The van der Waals surface area contributed by atoms with Gasteiger partial charge in [-0.1, -0.05) is 6.42 Å². The van der Waals surface area contributed by atoms with Crippen molar-refractivity contribution in [2.75, 3.05) is 61.7 Å². The Morgan fingerprint density at radius 1 is 0.670 bits per heavy atom. The molecule has 0 aliphatic carbocycles. The van der Waals surface area contributed by atoms with Gasteiger partial charge in [-0.2, -0.15) is 47.9 Å². The molecule has 0 spiro atoms. The number of nitrogens with zero attached hydrogens (tertiary/aromatic N) is 3. The van der Waals surface area contributed by atoms with Crippen molar-refractivity contribution in [3.63, 3.8) is 0 Å². The molecule has 0 radical (unpaired) electrons. The number of hydrogen-bond donors (Lipinski definition) is 20. The monoisotopic (exact) mass is 1590 g/mol. The van der Waals surface area contributed by atoms with E-state index >= 15 is 0 Å². The van der Waals surface area contributed by atoms with Crippen molar-refractivity contribution < 1.29 is 101 Å². The van der Waals surface area contributed by atoms with E-state index in [1.54, 1.807) is 24.3 Å². The number of hydrogen-bond acceptors (Lipinski definition) is 24. The van der Waals surface area contributed by atoms with Crippen LogP contribution in [0.2, 0.25) is 0 Å². The number of unbranched alkanes of at least 4 members (excludes halogenated alkanes) is 1.